The second-order valence-electron chi connectivity index (χ2n) is 5.78. The van der Waals surface area contributed by atoms with Gasteiger partial charge in [-0.25, -0.2) is 0 Å². The van der Waals surface area contributed by atoms with Crippen LogP contribution in [0.2, 0.25) is 0 Å². The topological polar surface area (TPSA) is 56.4 Å². The first-order chi connectivity index (χ1) is 11.7. The van der Waals surface area contributed by atoms with Gasteiger partial charge in [0.2, 0.25) is 5.91 Å². The van der Waals surface area contributed by atoms with E-state index in [0.29, 0.717) is 38.3 Å². The number of hydrogen-bond donors (Lipinski definition) is 1. The van der Waals surface area contributed by atoms with Crippen molar-refractivity contribution in [2.75, 3.05) is 32.4 Å². The van der Waals surface area contributed by atoms with Crippen LogP contribution in [0.5, 0.6) is 0 Å². The van der Waals surface area contributed by atoms with Gasteiger partial charge < -0.3 is 14.8 Å². The maximum absolute atomic E-state index is 12.4. The van der Waals surface area contributed by atoms with Gasteiger partial charge in [0.25, 0.3) is 5.91 Å². The zero-order valence-electron chi connectivity index (χ0n) is 13.7. The smallest absolute Gasteiger partial charge is 0.270 e. The molecule has 6 heteroatoms. The van der Waals surface area contributed by atoms with Crippen LogP contribution in [-0.2, 0) is 11.2 Å². The maximum atomic E-state index is 12.4. The predicted molar refractivity (Wildman–Crippen MR) is 95.2 cm³/mol. The van der Waals surface area contributed by atoms with Gasteiger partial charge in [-0.2, -0.15) is 0 Å². The molecule has 0 bridgehead atoms. The first-order valence-corrected chi connectivity index (χ1v) is 9.23. The SMILES string of the molecule is CSc1ccc(CC(=O)N2CCN(C(=O)c3ccc[nH]3)CC2)cc1. The Labute approximate surface area is 146 Å². The summed E-state index contributed by atoms with van der Waals surface area (Å²) in [6.07, 6.45) is 4.20. The summed E-state index contributed by atoms with van der Waals surface area (Å²) in [7, 11) is 0. The normalized spacial score (nSPS) is 14.7. The molecule has 1 N–H and O–H groups in total. The van der Waals surface area contributed by atoms with E-state index in [4.69, 9.17) is 0 Å². The van der Waals surface area contributed by atoms with Crippen molar-refractivity contribution in [3.05, 3.63) is 53.9 Å². The molecule has 1 aliphatic rings. The second-order valence-corrected chi connectivity index (χ2v) is 6.66. The molecule has 2 heterocycles. The van der Waals surface area contributed by atoms with E-state index < -0.39 is 0 Å². The average molecular weight is 343 g/mol. The molecule has 0 unspecified atom stereocenters. The fourth-order valence-corrected chi connectivity index (χ4v) is 3.23. The number of aromatic amines is 1. The molecule has 126 valence electrons. The van der Waals surface area contributed by atoms with E-state index in [0.717, 1.165) is 5.56 Å². The lowest BCUT2D eigenvalue weighted by molar-refractivity contribution is -0.131. The van der Waals surface area contributed by atoms with Crippen molar-refractivity contribution in [2.24, 2.45) is 0 Å². The summed E-state index contributed by atoms with van der Waals surface area (Å²) in [6, 6.07) is 11.7. The fraction of sp³-hybridized carbons (Fsp3) is 0.333. The van der Waals surface area contributed by atoms with Crippen LogP contribution in [0.3, 0.4) is 0 Å². The summed E-state index contributed by atoms with van der Waals surface area (Å²) in [5.74, 6) is 0.124. The van der Waals surface area contributed by atoms with Gasteiger partial charge in [-0.05, 0) is 36.1 Å². The summed E-state index contributed by atoms with van der Waals surface area (Å²) < 4.78 is 0. The standard InChI is InChI=1S/C18H21N3O2S/c1-24-15-6-4-14(5-7-15)13-17(22)20-9-11-21(12-10-20)18(23)16-3-2-8-19-16/h2-8,19H,9-13H2,1H3. The highest BCUT2D eigenvalue weighted by Crippen LogP contribution is 2.16. The molecule has 1 aliphatic heterocycles. The number of carbonyl (C=O) groups is 2. The molecule has 2 amide bonds. The Balaban J connectivity index is 1.52. The van der Waals surface area contributed by atoms with Crippen LogP contribution in [0.4, 0.5) is 0 Å². The molecule has 0 saturated carbocycles. The number of benzene rings is 1. The number of aromatic nitrogens is 1. The molecular weight excluding hydrogens is 322 g/mol. The number of hydrogen-bond acceptors (Lipinski definition) is 3. The summed E-state index contributed by atoms with van der Waals surface area (Å²) in [6.45, 7) is 2.34. The molecule has 0 aliphatic carbocycles. The van der Waals surface area contributed by atoms with E-state index in [-0.39, 0.29) is 11.8 Å². The zero-order chi connectivity index (χ0) is 16.9. The summed E-state index contributed by atoms with van der Waals surface area (Å²) in [5.41, 5.74) is 1.63. The van der Waals surface area contributed by atoms with Gasteiger partial charge in [0.05, 0.1) is 6.42 Å². The molecule has 3 rings (SSSR count). The number of piperazine rings is 1. The first-order valence-electron chi connectivity index (χ1n) is 8.01. The van der Waals surface area contributed by atoms with Crippen molar-refractivity contribution in [2.45, 2.75) is 11.3 Å². The van der Waals surface area contributed by atoms with Crippen LogP contribution < -0.4 is 0 Å². The van der Waals surface area contributed by atoms with Gasteiger partial charge in [-0.15, -0.1) is 11.8 Å². The number of carbonyl (C=O) groups excluding carboxylic acids is 2. The summed E-state index contributed by atoms with van der Waals surface area (Å²) in [5, 5.41) is 0. The third-order valence-corrected chi connectivity index (χ3v) is 5.01. The van der Waals surface area contributed by atoms with E-state index in [9.17, 15) is 9.59 Å². The van der Waals surface area contributed by atoms with Gasteiger partial charge in [-0.3, -0.25) is 9.59 Å². The lowest BCUT2D eigenvalue weighted by Gasteiger charge is -2.34. The summed E-state index contributed by atoms with van der Waals surface area (Å²) in [4.78, 5) is 32.5. The quantitative estimate of drug-likeness (QED) is 0.867. The van der Waals surface area contributed by atoms with Crippen LogP contribution in [0.25, 0.3) is 0 Å². The molecule has 1 aromatic carbocycles. The Morgan fingerprint density at radius 3 is 2.29 bits per heavy atom. The van der Waals surface area contributed by atoms with E-state index in [2.05, 4.69) is 4.98 Å². The minimum absolute atomic E-state index is 0.000228. The average Bonchev–Trinajstić information content (AvgIpc) is 3.16. The number of amides is 2. The number of nitrogens with one attached hydrogen (secondary N) is 1. The van der Waals surface area contributed by atoms with Crippen LogP contribution in [0.15, 0.2) is 47.5 Å². The van der Waals surface area contributed by atoms with Gasteiger partial charge in [0, 0.05) is 37.3 Å². The minimum atomic E-state index is -0.000228. The van der Waals surface area contributed by atoms with E-state index in [1.165, 1.54) is 4.90 Å². The van der Waals surface area contributed by atoms with Crippen molar-refractivity contribution >= 4 is 23.6 Å². The van der Waals surface area contributed by atoms with Gasteiger partial charge >= 0.3 is 0 Å². The van der Waals surface area contributed by atoms with Gasteiger partial charge in [-0.1, -0.05) is 12.1 Å². The largest absolute Gasteiger partial charge is 0.357 e. The van der Waals surface area contributed by atoms with Crippen molar-refractivity contribution in [1.82, 2.24) is 14.8 Å². The van der Waals surface area contributed by atoms with Crippen LogP contribution in [0, 0.1) is 0 Å². The first kappa shape index (κ1) is 16.6. The highest BCUT2D eigenvalue weighted by molar-refractivity contribution is 7.98. The lowest BCUT2D eigenvalue weighted by Crippen LogP contribution is -2.51. The number of thioether (sulfide) groups is 1. The third-order valence-electron chi connectivity index (χ3n) is 4.26. The van der Waals surface area contributed by atoms with Crippen molar-refractivity contribution < 1.29 is 9.59 Å². The lowest BCUT2D eigenvalue weighted by atomic mass is 10.1. The van der Waals surface area contributed by atoms with Gasteiger partial charge in [0.15, 0.2) is 0 Å². The third kappa shape index (κ3) is 3.82. The Hall–Kier alpha value is -2.21. The van der Waals surface area contributed by atoms with Crippen LogP contribution in [-0.4, -0.2) is 59.0 Å². The molecule has 1 aromatic heterocycles. The van der Waals surface area contributed by atoms with Gasteiger partial charge in [0.1, 0.15) is 5.69 Å². The molecule has 24 heavy (non-hydrogen) atoms. The second kappa shape index (κ2) is 7.57. The molecule has 1 saturated heterocycles. The Morgan fingerprint density at radius 2 is 1.71 bits per heavy atom. The zero-order valence-corrected chi connectivity index (χ0v) is 14.5. The maximum Gasteiger partial charge on any atom is 0.270 e. The highest BCUT2D eigenvalue weighted by atomic mass is 32.2. The van der Waals surface area contributed by atoms with Crippen LogP contribution in [0.1, 0.15) is 16.1 Å². The Kier molecular flexibility index (Phi) is 5.25. The molecule has 2 aromatic rings. The Morgan fingerprint density at radius 1 is 1.04 bits per heavy atom. The fourth-order valence-electron chi connectivity index (χ4n) is 2.82. The molecule has 0 spiro atoms. The number of nitrogens with zero attached hydrogens (tertiary/aromatic N) is 2. The van der Waals surface area contributed by atoms with E-state index in [1.54, 1.807) is 28.9 Å². The van der Waals surface area contributed by atoms with Crippen molar-refractivity contribution in [1.29, 1.82) is 0 Å². The van der Waals surface area contributed by atoms with Crippen molar-refractivity contribution in [3.8, 4) is 0 Å². The van der Waals surface area contributed by atoms with Crippen LogP contribution >= 0.6 is 11.8 Å². The number of rotatable bonds is 4. The highest BCUT2D eigenvalue weighted by Gasteiger charge is 2.25. The molecule has 5 nitrogen and oxygen atoms in total. The monoisotopic (exact) mass is 343 g/mol. The Bertz CT molecular complexity index is 690. The predicted octanol–water partition coefficient (Wildman–Crippen LogP) is 2.26. The summed E-state index contributed by atoms with van der Waals surface area (Å²) >= 11 is 1.69. The minimum Gasteiger partial charge on any atom is -0.357 e. The van der Waals surface area contributed by atoms with E-state index >= 15 is 0 Å². The molecule has 0 radical (unpaired) electrons. The van der Waals surface area contributed by atoms with Crippen molar-refractivity contribution in [3.63, 3.8) is 0 Å². The molecular formula is C18H21N3O2S. The van der Waals surface area contributed by atoms with E-state index in [1.807, 2.05) is 41.5 Å². The number of H-pyrrole nitrogens is 1. The molecule has 0 atom stereocenters. The molecule has 1 fully saturated rings.